The van der Waals surface area contributed by atoms with Crippen LogP contribution in [0.2, 0.25) is 0 Å². The third kappa shape index (κ3) is 3.04. The topological polar surface area (TPSA) is 83.5 Å². The molecule has 0 spiro atoms. The molecule has 6 heteroatoms. The Morgan fingerprint density at radius 1 is 1.38 bits per heavy atom. The maximum absolute atomic E-state index is 11.7. The van der Waals surface area contributed by atoms with E-state index in [1.165, 1.54) is 6.07 Å². The Morgan fingerprint density at radius 2 is 2.00 bits per heavy atom. The van der Waals surface area contributed by atoms with Crippen molar-refractivity contribution in [3.8, 4) is 0 Å². The van der Waals surface area contributed by atoms with Gasteiger partial charge in [-0.25, -0.2) is 8.42 Å². The minimum Gasteiger partial charge on any atom is -0.480 e. The average molecular weight is 243 g/mol. The van der Waals surface area contributed by atoms with E-state index in [1.54, 1.807) is 19.1 Å². The zero-order chi connectivity index (χ0) is 12.3. The summed E-state index contributed by atoms with van der Waals surface area (Å²) in [6.45, 7) is 2.91. The summed E-state index contributed by atoms with van der Waals surface area (Å²) < 4.78 is 25.4. The molecule has 1 aromatic carbocycles. The second kappa shape index (κ2) is 4.63. The Labute approximate surface area is 94.2 Å². The molecule has 0 unspecified atom stereocenters. The molecular formula is C10H13NO4S. The quantitative estimate of drug-likeness (QED) is 0.814. The molecule has 88 valence electrons. The average Bonchev–Trinajstić information content (AvgIpc) is 2.14. The lowest BCUT2D eigenvalue weighted by Gasteiger charge is -2.08. The molecule has 2 N–H and O–H groups in total. The number of nitrogens with one attached hydrogen (secondary N) is 1. The van der Waals surface area contributed by atoms with E-state index in [0.717, 1.165) is 5.56 Å². The lowest BCUT2D eigenvalue weighted by atomic mass is 10.2. The summed E-state index contributed by atoms with van der Waals surface area (Å²) in [5.74, 6) is -1.21. The Kier molecular flexibility index (Phi) is 3.66. The van der Waals surface area contributed by atoms with Gasteiger partial charge in [0.1, 0.15) is 6.54 Å². The van der Waals surface area contributed by atoms with Crippen LogP contribution < -0.4 is 4.72 Å². The van der Waals surface area contributed by atoms with Gasteiger partial charge in [0.25, 0.3) is 0 Å². The molecule has 0 fully saturated rings. The highest BCUT2D eigenvalue weighted by atomic mass is 32.2. The van der Waals surface area contributed by atoms with Crippen molar-refractivity contribution in [1.29, 1.82) is 0 Å². The molecule has 0 saturated carbocycles. The highest BCUT2D eigenvalue weighted by molar-refractivity contribution is 7.89. The largest absolute Gasteiger partial charge is 0.480 e. The van der Waals surface area contributed by atoms with Gasteiger partial charge in [0, 0.05) is 0 Å². The maximum Gasteiger partial charge on any atom is 0.318 e. The number of carbonyl (C=O) groups is 1. The van der Waals surface area contributed by atoms with Crippen LogP contribution in [-0.4, -0.2) is 26.0 Å². The lowest BCUT2D eigenvalue weighted by molar-refractivity contribution is -0.135. The van der Waals surface area contributed by atoms with E-state index < -0.39 is 22.5 Å². The number of benzene rings is 1. The molecule has 5 nitrogen and oxygen atoms in total. The van der Waals surface area contributed by atoms with E-state index in [9.17, 15) is 13.2 Å². The standard InChI is InChI=1S/C10H13NO4S/c1-7-3-4-9(8(2)5-7)16(14,15)11-6-10(12)13/h3-5,11H,6H2,1-2H3,(H,12,13). The zero-order valence-corrected chi connectivity index (χ0v) is 9.84. The van der Waals surface area contributed by atoms with Gasteiger partial charge in [-0.1, -0.05) is 17.7 Å². The van der Waals surface area contributed by atoms with Crippen LogP contribution in [0, 0.1) is 13.8 Å². The first-order chi connectivity index (χ1) is 7.33. The SMILES string of the molecule is Cc1ccc(S(=O)(=O)NCC(=O)O)c(C)c1. The molecule has 1 aromatic rings. The number of hydrogen-bond acceptors (Lipinski definition) is 3. The van der Waals surface area contributed by atoms with E-state index in [1.807, 2.05) is 11.6 Å². The fourth-order valence-corrected chi connectivity index (χ4v) is 2.53. The third-order valence-corrected chi connectivity index (χ3v) is 3.59. The van der Waals surface area contributed by atoms with Gasteiger partial charge in [-0.15, -0.1) is 0 Å². The summed E-state index contributed by atoms with van der Waals surface area (Å²) >= 11 is 0. The van der Waals surface area contributed by atoms with Crippen molar-refractivity contribution >= 4 is 16.0 Å². The van der Waals surface area contributed by atoms with Crippen molar-refractivity contribution in [3.05, 3.63) is 29.3 Å². The van der Waals surface area contributed by atoms with Gasteiger partial charge in [-0.05, 0) is 25.5 Å². The van der Waals surface area contributed by atoms with Gasteiger partial charge in [0.2, 0.25) is 10.0 Å². The van der Waals surface area contributed by atoms with Gasteiger partial charge in [-0.2, -0.15) is 4.72 Å². The summed E-state index contributed by atoms with van der Waals surface area (Å²) in [6.07, 6.45) is 0. The third-order valence-electron chi connectivity index (χ3n) is 2.03. The fraction of sp³-hybridized carbons (Fsp3) is 0.300. The normalized spacial score (nSPS) is 11.4. The summed E-state index contributed by atoms with van der Waals surface area (Å²) in [5.41, 5.74) is 1.55. The second-order valence-corrected chi connectivity index (χ2v) is 5.22. The molecule has 0 saturated heterocycles. The van der Waals surface area contributed by atoms with Crippen molar-refractivity contribution in [3.63, 3.8) is 0 Å². The molecule has 0 aliphatic carbocycles. The first kappa shape index (κ1) is 12.7. The first-order valence-corrected chi connectivity index (χ1v) is 6.10. The van der Waals surface area contributed by atoms with Crippen LogP contribution in [-0.2, 0) is 14.8 Å². The van der Waals surface area contributed by atoms with E-state index in [4.69, 9.17) is 5.11 Å². The number of carboxylic acid groups (broad SMARTS) is 1. The lowest BCUT2D eigenvalue weighted by Crippen LogP contribution is -2.29. The Hall–Kier alpha value is -1.40. The fourth-order valence-electron chi connectivity index (χ4n) is 1.34. The minimum atomic E-state index is -3.73. The van der Waals surface area contributed by atoms with Crippen LogP contribution in [0.3, 0.4) is 0 Å². The number of hydrogen-bond donors (Lipinski definition) is 2. The van der Waals surface area contributed by atoms with Crippen molar-refractivity contribution in [2.75, 3.05) is 6.54 Å². The number of aryl methyl sites for hydroxylation is 2. The van der Waals surface area contributed by atoms with Gasteiger partial charge >= 0.3 is 5.97 Å². The molecule has 0 amide bonds. The zero-order valence-electron chi connectivity index (χ0n) is 9.02. The monoisotopic (exact) mass is 243 g/mol. The maximum atomic E-state index is 11.7. The highest BCUT2D eigenvalue weighted by Gasteiger charge is 2.17. The molecule has 0 heterocycles. The van der Waals surface area contributed by atoms with Gasteiger partial charge in [0.15, 0.2) is 0 Å². The summed E-state index contributed by atoms with van der Waals surface area (Å²) in [6, 6.07) is 4.87. The summed E-state index contributed by atoms with van der Waals surface area (Å²) in [7, 11) is -3.73. The molecule has 0 aromatic heterocycles. The highest BCUT2D eigenvalue weighted by Crippen LogP contribution is 2.15. The molecule has 0 bridgehead atoms. The van der Waals surface area contributed by atoms with E-state index >= 15 is 0 Å². The molecule has 1 rings (SSSR count). The van der Waals surface area contributed by atoms with Crippen molar-refractivity contribution < 1.29 is 18.3 Å². The van der Waals surface area contributed by atoms with Gasteiger partial charge in [0.05, 0.1) is 4.90 Å². The number of aliphatic carboxylic acids is 1. The smallest absolute Gasteiger partial charge is 0.318 e. The van der Waals surface area contributed by atoms with Gasteiger partial charge in [-0.3, -0.25) is 4.79 Å². The summed E-state index contributed by atoms with van der Waals surface area (Å²) in [5, 5.41) is 8.41. The predicted octanol–water partition coefficient (Wildman–Crippen LogP) is 0.666. The molecule has 16 heavy (non-hydrogen) atoms. The Bertz CT molecular complexity index is 508. The van der Waals surface area contributed by atoms with E-state index in [0.29, 0.717) is 5.56 Å². The van der Waals surface area contributed by atoms with Crippen molar-refractivity contribution in [1.82, 2.24) is 4.72 Å². The second-order valence-electron chi connectivity index (χ2n) is 3.49. The van der Waals surface area contributed by atoms with Crippen molar-refractivity contribution in [2.45, 2.75) is 18.7 Å². The predicted molar refractivity (Wildman–Crippen MR) is 58.7 cm³/mol. The molecular weight excluding hydrogens is 230 g/mol. The minimum absolute atomic E-state index is 0.111. The van der Waals surface area contributed by atoms with Crippen LogP contribution in [0.4, 0.5) is 0 Å². The molecule has 0 aliphatic rings. The first-order valence-electron chi connectivity index (χ1n) is 4.61. The van der Waals surface area contributed by atoms with E-state index in [2.05, 4.69) is 0 Å². The van der Waals surface area contributed by atoms with Crippen LogP contribution in [0.5, 0.6) is 0 Å². The number of sulfonamides is 1. The molecule has 0 radical (unpaired) electrons. The Morgan fingerprint density at radius 3 is 2.50 bits per heavy atom. The molecule has 0 atom stereocenters. The number of carboxylic acids is 1. The van der Waals surface area contributed by atoms with Crippen LogP contribution in [0.25, 0.3) is 0 Å². The van der Waals surface area contributed by atoms with E-state index in [-0.39, 0.29) is 4.90 Å². The van der Waals surface area contributed by atoms with Crippen LogP contribution in [0.15, 0.2) is 23.1 Å². The Balaban J connectivity index is 3.03. The summed E-state index contributed by atoms with van der Waals surface area (Å²) in [4.78, 5) is 10.4. The molecule has 0 aliphatic heterocycles. The van der Waals surface area contributed by atoms with Crippen LogP contribution in [0.1, 0.15) is 11.1 Å². The van der Waals surface area contributed by atoms with Gasteiger partial charge < -0.3 is 5.11 Å². The van der Waals surface area contributed by atoms with Crippen molar-refractivity contribution in [2.24, 2.45) is 0 Å². The van der Waals surface area contributed by atoms with Crippen LogP contribution >= 0.6 is 0 Å². The number of rotatable bonds is 4.